The van der Waals surface area contributed by atoms with Crippen LogP contribution in [-0.2, 0) is 17.1 Å². The molecule has 0 atom stereocenters. The number of alkyl halides is 1. The first-order chi connectivity index (χ1) is 5.88. The third-order valence-electron chi connectivity index (χ3n) is 1.79. The molecule has 2 heteroatoms. The van der Waals surface area contributed by atoms with Gasteiger partial charge in [-0.25, -0.2) is 0 Å². The Morgan fingerprint density at radius 3 is 2.50 bits per heavy atom. The zero-order valence-electron chi connectivity index (χ0n) is 6.79. The van der Waals surface area contributed by atoms with Gasteiger partial charge in [0.1, 0.15) is 6.29 Å². The Bertz CT molecular complexity index is 258. The third kappa shape index (κ3) is 2.35. The summed E-state index contributed by atoms with van der Waals surface area (Å²) in [6, 6.07) is 7.94. The van der Waals surface area contributed by atoms with Gasteiger partial charge < -0.3 is 4.79 Å². The molecule has 0 fully saturated rings. The van der Waals surface area contributed by atoms with Crippen molar-refractivity contribution < 1.29 is 4.79 Å². The summed E-state index contributed by atoms with van der Waals surface area (Å²) in [7, 11) is 0. The molecule has 0 amide bonds. The van der Waals surface area contributed by atoms with Gasteiger partial charge in [0, 0.05) is 12.3 Å². The number of benzene rings is 1. The van der Waals surface area contributed by atoms with Crippen LogP contribution >= 0.6 is 11.6 Å². The number of aldehydes is 1. The number of aryl methyl sites for hydroxylation is 1. The topological polar surface area (TPSA) is 17.1 Å². The Hall–Kier alpha value is -0.820. The first-order valence-electron chi connectivity index (χ1n) is 3.95. The van der Waals surface area contributed by atoms with Crippen molar-refractivity contribution in [2.45, 2.75) is 18.7 Å². The molecule has 1 aromatic carbocycles. The van der Waals surface area contributed by atoms with Gasteiger partial charge in [0.15, 0.2) is 0 Å². The van der Waals surface area contributed by atoms with Crippen LogP contribution in [0.15, 0.2) is 24.3 Å². The fourth-order valence-corrected chi connectivity index (χ4v) is 1.41. The standard InChI is InChI=1S/C10H11ClO/c11-8-10-5-2-1-4-9(10)6-3-7-12/h1-2,4-5,7H,3,6,8H2. The van der Waals surface area contributed by atoms with E-state index in [1.165, 1.54) is 5.56 Å². The molecule has 0 aliphatic rings. The van der Waals surface area contributed by atoms with Gasteiger partial charge in [-0.2, -0.15) is 0 Å². The summed E-state index contributed by atoms with van der Waals surface area (Å²) in [5.74, 6) is 0.523. The summed E-state index contributed by atoms with van der Waals surface area (Å²) in [6.45, 7) is 0. The minimum absolute atomic E-state index is 0.523. The highest BCUT2D eigenvalue weighted by atomic mass is 35.5. The van der Waals surface area contributed by atoms with Gasteiger partial charge in [-0.05, 0) is 17.5 Å². The van der Waals surface area contributed by atoms with Gasteiger partial charge in [0.05, 0.1) is 0 Å². The van der Waals surface area contributed by atoms with Crippen molar-refractivity contribution in [2.75, 3.05) is 0 Å². The Kier molecular flexibility index (Phi) is 3.81. The quantitative estimate of drug-likeness (QED) is 0.517. The van der Waals surface area contributed by atoms with E-state index in [4.69, 9.17) is 11.6 Å². The number of hydrogen-bond donors (Lipinski definition) is 0. The number of halogens is 1. The van der Waals surface area contributed by atoms with Crippen LogP contribution in [0, 0.1) is 0 Å². The van der Waals surface area contributed by atoms with Crippen molar-refractivity contribution in [3.05, 3.63) is 35.4 Å². The van der Waals surface area contributed by atoms with Gasteiger partial charge in [0.25, 0.3) is 0 Å². The highest BCUT2D eigenvalue weighted by Gasteiger charge is 1.98. The Morgan fingerprint density at radius 2 is 1.92 bits per heavy atom. The molecule has 0 saturated carbocycles. The second-order valence-corrected chi connectivity index (χ2v) is 2.87. The van der Waals surface area contributed by atoms with Crippen LogP contribution in [-0.4, -0.2) is 6.29 Å². The molecule has 12 heavy (non-hydrogen) atoms. The number of rotatable bonds is 4. The van der Waals surface area contributed by atoms with Gasteiger partial charge in [0.2, 0.25) is 0 Å². The van der Waals surface area contributed by atoms with E-state index in [1.54, 1.807) is 0 Å². The SMILES string of the molecule is O=CCCc1ccccc1CCl. The summed E-state index contributed by atoms with van der Waals surface area (Å²) in [5.41, 5.74) is 2.31. The van der Waals surface area contributed by atoms with Gasteiger partial charge in [-0.1, -0.05) is 24.3 Å². The lowest BCUT2D eigenvalue weighted by atomic mass is 10.0. The summed E-state index contributed by atoms with van der Waals surface area (Å²) in [5, 5.41) is 0. The van der Waals surface area contributed by atoms with Crippen LogP contribution in [0.5, 0.6) is 0 Å². The molecule has 0 saturated heterocycles. The second-order valence-electron chi connectivity index (χ2n) is 2.61. The molecule has 0 N–H and O–H groups in total. The highest BCUT2D eigenvalue weighted by Crippen LogP contribution is 2.12. The molecule has 0 bridgehead atoms. The summed E-state index contributed by atoms with van der Waals surface area (Å²) in [4.78, 5) is 10.1. The largest absolute Gasteiger partial charge is 0.303 e. The number of carbonyl (C=O) groups excluding carboxylic acids is 1. The fourth-order valence-electron chi connectivity index (χ4n) is 1.15. The molecular weight excluding hydrogens is 172 g/mol. The average molecular weight is 183 g/mol. The Morgan fingerprint density at radius 1 is 1.25 bits per heavy atom. The molecule has 0 heterocycles. The monoisotopic (exact) mass is 182 g/mol. The van der Waals surface area contributed by atoms with E-state index >= 15 is 0 Å². The fraction of sp³-hybridized carbons (Fsp3) is 0.300. The van der Waals surface area contributed by atoms with Crippen LogP contribution < -0.4 is 0 Å². The smallest absolute Gasteiger partial charge is 0.120 e. The molecule has 64 valence electrons. The highest BCUT2D eigenvalue weighted by molar-refractivity contribution is 6.17. The zero-order chi connectivity index (χ0) is 8.81. The first-order valence-corrected chi connectivity index (χ1v) is 4.48. The van der Waals surface area contributed by atoms with Crippen LogP contribution in [0.4, 0.5) is 0 Å². The minimum atomic E-state index is 0.523. The molecule has 0 aromatic heterocycles. The zero-order valence-corrected chi connectivity index (χ0v) is 7.55. The van der Waals surface area contributed by atoms with E-state index in [-0.39, 0.29) is 0 Å². The van der Waals surface area contributed by atoms with Gasteiger partial charge in [-0.3, -0.25) is 0 Å². The number of carbonyl (C=O) groups is 1. The van der Waals surface area contributed by atoms with Crippen LogP contribution in [0.2, 0.25) is 0 Å². The average Bonchev–Trinajstić information content (AvgIpc) is 2.15. The maximum absolute atomic E-state index is 10.1. The summed E-state index contributed by atoms with van der Waals surface area (Å²) >= 11 is 5.72. The summed E-state index contributed by atoms with van der Waals surface area (Å²) < 4.78 is 0. The molecule has 1 rings (SSSR count). The normalized spacial score (nSPS) is 9.75. The lowest BCUT2D eigenvalue weighted by Gasteiger charge is -2.03. The molecule has 0 unspecified atom stereocenters. The molecule has 0 aliphatic heterocycles. The Labute approximate surface area is 77.4 Å². The molecule has 1 nitrogen and oxygen atoms in total. The van der Waals surface area contributed by atoms with Crippen molar-refractivity contribution in [3.8, 4) is 0 Å². The molecule has 0 aliphatic carbocycles. The van der Waals surface area contributed by atoms with E-state index in [9.17, 15) is 4.79 Å². The lowest BCUT2D eigenvalue weighted by molar-refractivity contribution is -0.107. The molecule has 0 radical (unpaired) electrons. The van der Waals surface area contributed by atoms with Crippen LogP contribution in [0.25, 0.3) is 0 Å². The number of hydrogen-bond acceptors (Lipinski definition) is 1. The van der Waals surface area contributed by atoms with Crippen molar-refractivity contribution in [1.29, 1.82) is 0 Å². The predicted octanol–water partition coefficient (Wildman–Crippen LogP) is 2.56. The van der Waals surface area contributed by atoms with E-state index in [0.29, 0.717) is 12.3 Å². The van der Waals surface area contributed by atoms with Crippen molar-refractivity contribution in [2.24, 2.45) is 0 Å². The van der Waals surface area contributed by atoms with E-state index < -0.39 is 0 Å². The van der Waals surface area contributed by atoms with Gasteiger partial charge in [-0.15, -0.1) is 11.6 Å². The van der Waals surface area contributed by atoms with Crippen molar-refractivity contribution in [3.63, 3.8) is 0 Å². The predicted molar refractivity (Wildman–Crippen MR) is 50.4 cm³/mol. The minimum Gasteiger partial charge on any atom is -0.303 e. The lowest BCUT2D eigenvalue weighted by Crippen LogP contribution is -1.91. The van der Waals surface area contributed by atoms with E-state index in [2.05, 4.69) is 0 Å². The molecular formula is C10H11ClO. The van der Waals surface area contributed by atoms with Crippen molar-refractivity contribution >= 4 is 17.9 Å². The maximum atomic E-state index is 10.1. The molecule has 1 aromatic rings. The summed E-state index contributed by atoms with van der Waals surface area (Å²) in [6.07, 6.45) is 2.31. The maximum Gasteiger partial charge on any atom is 0.120 e. The van der Waals surface area contributed by atoms with E-state index in [1.807, 2.05) is 24.3 Å². The Balaban J connectivity index is 2.74. The van der Waals surface area contributed by atoms with Crippen LogP contribution in [0.3, 0.4) is 0 Å². The van der Waals surface area contributed by atoms with Crippen LogP contribution in [0.1, 0.15) is 17.5 Å². The second kappa shape index (κ2) is 4.94. The molecule has 0 spiro atoms. The van der Waals surface area contributed by atoms with Gasteiger partial charge >= 0.3 is 0 Å². The first kappa shape index (κ1) is 9.27. The van der Waals surface area contributed by atoms with E-state index in [0.717, 1.165) is 18.3 Å². The van der Waals surface area contributed by atoms with Crippen molar-refractivity contribution in [1.82, 2.24) is 0 Å². The third-order valence-corrected chi connectivity index (χ3v) is 2.08.